The second-order valence-electron chi connectivity index (χ2n) is 5.90. The Labute approximate surface area is 142 Å². The number of nitrogens with zero attached hydrogens (tertiary/aromatic N) is 3. The largest absolute Gasteiger partial charge is 0.366 e. The topological polar surface area (TPSA) is 62.7 Å². The first-order valence-electron chi connectivity index (χ1n) is 8.02. The van der Waals surface area contributed by atoms with E-state index in [1.807, 2.05) is 18.2 Å². The van der Waals surface area contributed by atoms with Gasteiger partial charge in [0.2, 0.25) is 0 Å². The lowest BCUT2D eigenvalue weighted by molar-refractivity contribution is 0.867. The summed E-state index contributed by atoms with van der Waals surface area (Å²) in [5.41, 5.74) is 3.49. The summed E-state index contributed by atoms with van der Waals surface area (Å²) in [6, 6.07) is 14.3. The maximum Gasteiger partial charge on any atom is 0.135 e. The van der Waals surface area contributed by atoms with Gasteiger partial charge in [-0.2, -0.15) is 0 Å². The fraction of sp³-hybridized carbons (Fsp3) is 0.211. The number of aromatic nitrogens is 3. The smallest absolute Gasteiger partial charge is 0.135 e. The van der Waals surface area contributed by atoms with E-state index in [9.17, 15) is 0 Å². The van der Waals surface area contributed by atoms with Crippen LogP contribution in [0.25, 0.3) is 0 Å². The third-order valence-corrected chi connectivity index (χ3v) is 3.74. The van der Waals surface area contributed by atoms with Crippen molar-refractivity contribution < 1.29 is 0 Å². The molecule has 1 aromatic carbocycles. The summed E-state index contributed by atoms with van der Waals surface area (Å²) in [7, 11) is 0. The highest BCUT2D eigenvalue weighted by atomic mass is 15.1. The third-order valence-electron chi connectivity index (χ3n) is 3.74. The monoisotopic (exact) mass is 319 g/mol. The molecule has 0 atom stereocenters. The quantitative estimate of drug-likeness (QED) is 0.707. The van der Waals surface area contributed by atoms with E-state index in [0.717, 1.165) is 22.9 Å². The van der Waals surface area contributed by atoms with E-state index in [0.29, 0.717) is 12.5 Å². The van der Waals surface area contributed by atoms with Crippen LogP contribution in [0.4, 0.5) is 17.3 Å². The van der Waals surface area contributed by atoms with E-state index in [4.69, 9.17) is 0 Å². The summed E-state index contributed by atoms with van der Waals surface area (Å²) in [5, 5.41) is 6.60. The summed E-state index contributed by atoms with van der Waals surface area (Å²) in [6.45, 7) is 5.07. The summed E-state index contributed by atoms with van der Waals surface area (Å²) >= 11 is 0. The molecule has 5 nitrogen and oxygen atoms in total. The van der Waals surface area contributed by atoms with Crippen molar-refractivity contribution in [1.82, 2.24) is 15.0 Å². The zero-order valence-electron chi connectivity index (χ0n) is 13.9. The van der Waals surface area contributed by atoms with Gasteiger partial charge in [-0.3, -0.25) is 4.98 Å². The lowest BCUT2D eigenvalue weighted by Gasteiger charge is -2.10. The molecule has 24 heavy (non-hydrogen) atoms. The average molecular weight is 319 g/mol. The van der Waals surface area contributed by atoms with Crippen molar-refractivity contribution in [3.63, 3.8) is 0 Å². The Kier molecular flexibility index (Phi) is 5.01. The Morgan fingerprint density at radius 1 is 0.917 bits per heavy atom. The van der Waals surface area contributed by atoms with E-state index in [-0.39, 0.29) is 0 Å². The molecule has 2 N–H and O–H groups in total. The number of benzene rings is 1. The molecule has 0 amide bonds. The van der Waals surface area contributed by atoms with Gasteiger partial charge in [-0.05, 0) is 41.3 Å². The van der Waals surface area contributed by atoms with Gasteiger partial charge in [-0.15, -0.1) is 0 Å². The zero-order valence-corrected chi connectivity index (χ0v) is 13.9. The summed E-state index contributed by atoms with van der Waals surface area (Å²) in [6.07, 6.45) is 5.12. The van der Waals surface area contributed by atoms with Crippen LogP contribution in [0, 0.1) is 0 Å². The maximum atomic E-state index is 4.27. The molecule has 0 aliphatic rings. The van der Waals surface area contributed by atoms with E-state index in [2.05, 4.69) is 63.7 Å². The molecule has 0 aliphatic heterocycles. The lowest BCUT2D eigenvalue weighted by atomic mass is 10.0. The Bertz CT molecular complexity index is 769. The molecule has 5 heteroatoms. The minimum absolute atomic E-state index is 0.530. The van der Waals surface area contributed by atoms with Crippen LogP contribution in [-0.2, 0) is 6.54 Å². The van der Waals surface area contributed by atoms with Gasteiger partial charge in [0.25, 0.3) is 0 Å². The Hall–Kier alpha value is -2.95. The van der Waals surface area contributed by atoms with Crippen molar-refractivity contribution in [3.05, 3.63) is 72.3 Å². The molecule has 122 valence electrons. The molecule has 0 unspecified atom stereocenters. The first-order valence-corrected chi connectivity index (χ1v) is 8.02. The molecule has 3 rings (SSSR count). The van der Waals surface area contributed by atoms with Gasteiger partial charge in [-0.1, -0.05) is 26.0 Å². The molecule has 0 spiro atoms. The standard InChI is InChI=1S/C19H21N5/c1-14(2)16-3-5-17(6-4-16)24-19-11-18(22-13-23-19)21-12-15-7-9-20-10-8-15/h3-11,13-14H,12H2,1-2H3,(H2,21,22,23,24). The highest BCUT2D eigenvalue weighted by molar-refractivity contribution is 5.59. The Morgan fingerprint density at radius 3 is 2.33 bits per heavy atom. The molecular weight excluding hydrogens is 298 g/mol. The van der Waals surface area contributed by atoms with Crippen LogP contribution in [0.5, 0.6) is 0 Å². The molecule has 0 radical (unpaired) electrons. The van der Waals surface area contributed by atoms with E-state index >= 15 is 0 Å². The number of hydrogen-bond acceptors (Lipinski definition) is 5. The van der Waals surface area contributed by atoms with Crippen LogP contribution in [0.3, 0.4) is 0 Å². The van der Waals surface area contributed by atoms with Gasteiger partial charge in [0.05, 0.1) is 0 Å². The molecular formula is C19H21N5. The maximum absolute atomic E-state index is 4.27. The van der Waals surface area contributed by atoms with Gasteiger partial charge in [-0.25, -0.2) is 9.97 Å². The SMILES string of the molecule is CC(C)c1ccc(Nc2cc(NCc3ccncc3)ncn2)cc1. The van der Waals surface area contributed by atoms with Crippen LogP contribution in [0.15, 0.2) is 61.2 Å². The summed E-state index contributed by atoms with van der Waals surface area (Å²) < 4.78 is 0. The third kappa shape index (κ3) is 4.29. The molecule has 0 saturated carbocycles. The molecule has 3 aromatic rings. The predicted molar refractivity (Wildman–Crippen MR) is 97.4 cm³/mol. The Morgan fingerprint density at radius 2 is 1.62 bits per heavy atom. The Balaban J connectivity index is 1.64. The fourth-order valence-electron chi connectivity index (χ4n) is 2.31. The van der Waals surface area contributed by atoms with E-state index in [1.165, 1.54) is 5.56 Å². The molecule has 0 saturated heterocycles. The normalized spacial score (nSPS) is 10.6. The van der Waals surface area contributed by atoms with Crippen molar-refractivity contribution in [2.45, 2.75) is 26.3 Å². The van der Waals surface area contributed by atoms with E-state index < -0.39 is 0 Å². The average Bonchev–Trinajstić information content (AvgIpc) is 2.62. The van der Waals surface area contributed by atoms with Crippen LogP contribution >= 0.6 is 0 Å². The molecule has 0 aliphatic carbocycles. The van der Waals surface area contributed by atoms with Crippen LogP contribution in [0.1, 0.15) is 30.9 Å². The summed E-state index contributed by atoms with van der Waals surface area (Å²) in [4.78, 5) is 12.5. The molecule has 2 aromatic heterocycles. The van der Waals surface area contributed by atoms with Crippen LogP contribution in [0.2, 0.25) is 0 Å². The van der Waals surface area contributed by atoms with Gasteiger partial charge < -0.3 is 10.6 Å². The van der Waals surface area contributed by atoms with E-state index in [1.54, 1.807) is 18.7 Å². The van der Waals surface area contributed by atoms with Crippen LogP contribution in [-0.4, -0.2) is 15.0 Å². The van der Waals surface area contributed by atoms with Gasteiger partial charge in [0.1, 0.15) is 18.0 Å². The highest BCUT2D eigenvalue weighted by Crippen LogP contribution is 2.20. The first-order chi connectivity index (χ1) is 11.7. The lowest BCUT2D eigenvalue weighted by Crippen LogP contribution is -2.03. The van der Waals surface area contributed by atoms with Gasteiger partial charge in [0, 0.05) is 30.7 Å². The van der Waals surface area contributed by atoms with Crippen molar-refractivity contribution in [2.24, 2.45) is 0 Å². The second kappa shape index (κ2) is 7.55. The molecule has 0 bridgehead atoms. The molecule has 2 heterocycles. The number of pyridine rings is 1. The summed E-state index contributed by atoms with van der Waals surface area (Å²) in [5.74, 6) is 2.07. The van der Waals surface area contributed by atoms with Gasteiger partial charge >= 0.3 is 0 Å². The van der Waals surface area contributed by atoms with Crippen molar-refractivity contribution in [1.29, 1.82) is 0 Å². The number of anilines is 3. The fourth-order valence-corrected chi connectivity index (χ4v) is 2.31. The number of rotatable bonds is 6. The first kappa shape index (κ1) is 15.9. The van der Waals surface area contributed by atoms with Crippen molar-refractivity contribution in [2.75, 3.05) is 10.6 Å². The van der Waals surface area contributed by atoms with Crippen molar-refractivity contribution in [3.8, 4) is 0 Å². The second-order valence-corrected chi connectivity index (χ2v) is 5.90. The number of nitrogens with one attached hydrogen (secondary N) is 2. The number of hydrogen-bond donors (Lipinski definition) is 2. The van der Waals surface area contributed by atoms with Gasteiger partial charge in [0.15, 0.2) is 0 Å². The highest BCUT2D eigenvalue weighted by Gasteiger charge is 2.02. The van der Waals surface area contributed by atoms with Crippen LogP contribution < -0.4 is 10.6 Å². The minimum atomic E-state index is 0.530. The molecule has 0 fully saturated rings. The minimum Gasteiger partial charge on any atom is -0.366 e. The zero-order chi connectivity index (χ0) is 16.8. The van der Waals surface area contributed by atoms with Crippen molar-refractivity contribution >= 4 is 17.3 Å². The predicted octanol–water partition coefficient (Wildman–Crippen LogP) is 4.35.